The highest BCUT2D eigenvalue weighted by Crippen LogP contribution is 2.22. The van der Waals surface area contributed by atoms with E-state index in [1.165, 1.54) is 18.2 Å². The van der Waals surface area contributed by atoms with Crippen LogP contribution >= 0.6 is 0 Å². The molecule has 1 saturated heterocycles. The Labute approximate surface area is 160 Å². The van der Waals surface area contributed by atoms with E-state index in [2.05, 4.69) is 17.3 Å². The van der Waals surface area contributed by atoms with E-state index < -0.39 is 29.5 Å². The fraction of sp³-hybridized carbons (Fsp3) is 0.600. The number of hydrogen-bond acceptors (Lipinski definition) is 5. The molecular weight excluding hydrogens is 351 g/mol. The Morgan fingerprint density at radius 3 is 2.48 bits per heavy atom. The second-order valence-corrected chi connectivity index (χ2v) is 7.98. The summed E-state index contributed by atoms with van der Waals surface area (Å²) in [5.41, 5.74) is -0.682. The summed E-state index contributed by atoms with van der Waals surface area (Å²) in [5, 5.41) is 2.44. The van der Waals surface area contributed by atoms with Crippen molar-refractivity contribution in [2.45, 2.75) is 45.3 Å². The molecule has 0 spiro atoms. The van der Waals surface area contributed by atoms with Crippen molar-refractivity contribution in [2.24, 2.45) is 5.92 Å². The zero-order chi connectivity index (χ0) is 20.0. The first-order chi connectivity index (χ1) is 12.7. The molecule has 0 bridgehead atoms. The number of carbonyl (C=O) groups excluding carboxylic acids is 2. The Bertz CT molecular complexity index is 652. The van der Waals surface area contributed by atoms with E-state index in [1.54, 1.807) is 26.8 Å². The van der Waals surface area contributed by atoms with Gasteiger partial charge in [0.15, 0.2) is 6.04 Å². The van der Waals surface area contributed by atoms with E-state index in [-0.39, 0.29) is 18.1 Å². The number of halogens is 1. The van der Waals surface area contributed by atoms with Gasteiger partial charge in [-0.15, -0.1) is 0 Å². The van der Waals surface area contributed by atoms with Gasteiger partial charge in [-0.3, -0.25) is 0 Å². The standard InChI is InChI=1S/C20H29FN2O4/c1-20(2,3)27-19(25)22-17(15-7-5-6-8-16(15)21)18(24)26-13-14-9-11-23(4)12-10-14/h5-8,14,17H,9-13H2,1-4H3,(H,22,25). The van der Waals surface area contributed by atoms with Crippen LogP contribution in [0.15, 0.2) is 24.3 Å². The van der Waals surface area contributed by atoms with Gasteiger partial charge in [0.2, 0.25) is 0 Å². The zero-order valence-corrected chi connectivity index (χ0v) is 16.5. The van der Waals surface area contributed by atoms with Gasteiger partial charge in [-0.2, -0.15) is 0 Å². The number of esters is 1. The Kier molecular flexibility index (Phi) is 7.18. The van der Waals surface area contributed by atoms with Crippen molar-refractivity contribution in [3.63, 3.8) is 0 Å². The van der Waals surface area contributed by atoms with Crippen LogP contribution in [0.5, 0.6) is 0 Å². The van der Waals surface area contributed by atoms with Gasteiger partial charge in [0, 0.05) is 5.56 Å². The lowest BCUT2D eigenvalue weighted by Gasteiger charge is -2.29. The first-order valence-electron chi connectivity index (χ1n) is 9.25. The molecule has 6 nitrogen and oxygen atoms in total. The molecule has 1 aromatic rings. The number of nitrogens with zero attached hydrogens (tertiary/aromatic N) is 1. The Morgan fingerprint density at radius 2 is 1.89 bits per heavy atom. The van der Waals surface area contributed by atoms with Crippen LogP contribution in [0, 0.1) is 11.7 Å². The number of carbonyl (C=O) groups is 2. The van der Waals surface area contributed by atoms with Crippen LogP contribution in [0.25, 0.3) is 0 Å². The van der Waals surface area contributed by atoms with E-state index in [9.17, 15) is 14.0 Å². The van der Waals surface area contributed by atoms with E-state index in [4.69, 9.17) is 9.47 Å². The number of alkyl carbamates (subject to hydrolysis) is 1. The summed E-state index contributed by atoms with van der Waals surface area (Å²) < 4.78 is 24.8. The number of benzene rings is 1. The molecule has 27 heavy (non-hydrogen) atoms. The van der Waals surface area contributed by atoms with Crippen molar-refractivity contribution in [2.75, 3.05) is 26.7 Å². The maximum absolute atomic E-state index is 14.2. The van der Waals surface area contributed by atoms with Gasteiger partial charge in [-0.25, -0.2) is 14.0 Å². The molecule has 7 heteroatoms. The van der Waals surface area contributed by atoms with Gasteiger partial charge in [0.05, 0.1) is 6.61 Å². The van der Waals surface area contributed by atoms with Crippen LogP contribution in [0.2, 0.25) is 0 Å². The summed E-state index contributed by atoms with van der Waals surface area (Å²) in [4.78, 5) is 27.0. The van der Waals surface area contributed by atoms with Gasteiger partial charge >= 0.3 is 12.1 Å². The third kappa shape index (κ3) is 6.82. The molecule has 1 atom stereocenters. The lowest BCUT2D eigenvalue weighted by atomic mass is 9.98. The summed E-state index contributed by atoms with van der Waals surface area (Å²) in [6, 6.07) is 4.56. The van der Waals surface area contributed by atoms with Gasteiger partial charge in [-0.1, -0.05) is 18.2 Å². The molecule has 1 heterocycles. The average molecular weight is 380 g/mol. The van der Waals surface area contributed by atoms with Crippen LogP contribution in [-0.2, 0) is 14.3 Å². The Morgan fingerprint density at radius 1 is 1.26 bits per heavy atom. The van der Waals surface area contributed by atoms with Crippen LogP contribution in [-0.4, -0.2) is 49.3 Å². The molecule has 0 saturated carbocycles. The number of amides is 1. The van der Waals surface area contributed by atoms with Crippen LogP contribution < -0.4 is 5.32 Å². The predicted molar refractivity (Wildman–Crippen MR) is 99.7 cm³/mol. The molecule has 1 aromatic carbocycles. The minimum absolute atomic E-state index is 0.0525. The van der Waals surface area contributed by atoms with E-state index in [0.29, 0.717) is 0 Å². The summed E-state index contributed by atoms with van der Waals surface area (Å²) in [7, 11) is 2.06. The number of piperidine rings is 1. The van der Waals surface area contributed by atoms with Crippen LogP contribution in [0.1, 0.15) is 45.2 Å². The Balaban J connectivity index is 2.05. The highest BCUT2D eigenvalue weighted by molar-refractivity contribution is 5.83. The maximum Gasteiger partial charge on any atom is 0.408 e. The van der Waals surface area contributed by atoms with E-state index in [1.807, 2.05) is 0 Å². The number of hydrogen-bond donors (Lipinski definition) is 1. The fourth-order valence-electron chi connectivity index (χ4n) is 2.91. The normalized spacial score (nSPS) is 17.2. The van der Waals surface area contributed by atoms with E-state index in [0.717, 1.165) is 25.9 Å². The number of nitrogens with one attached hydrogen (secondary N) is 1. The monoisotopic (exact) mass is 380 g/mol. The first-order valence-corrected chi connectivity index (χ1v) is 9.25. The highest BCUT2D eigenvalue weighted by atomic mass is 19.1. The minimum Gasteiger partial charge on any atom is -0.464 e. The summed E-state index contributed by atoms with van der Waals surface area (Å²) >= 11 is 0. The van der Waals surface area contributed by atoms with Crippen molar-refractivity contribution < 1.29 is 23.5 Å². The Hall–Kier alpha value is -2.15. The van der Waals surface area contributed by atoms with Crippen molar-refractivity contribution in [3.8, 4) is 0 Å². The molecule has 1 aliphatic rings. The van der Waals surface area contributed by atoms with Crippen molar-refractivity contribution in [1.82, 2.24) is 10.2 Å². The molecule has 150 valence electrons. The third-order valence-electron chi connectivity index (χ3n) is 4.41. The molecule has 1 unspecified atom stereocenters. The van der Waals surface area contributed by atoms with Gasteiger partial charge in [-0.05, 0) is 65.7 Å². The topological polar surface area (TPSA) is 67.9 Å². The average Bonchev–Trinajstić information content (AvgIpc) is 2.58. The van der Waals surface area contributed by atoms with E-state index >= 15 is 0 Å². The molecule has 1 N–H and O–H groups in total. The fourth-order valence-corrected chi connectivity index (χ4v) is 2.91. The van der Waals surface area contributed by atoms with Gasteiger partial charge < -0.3 is 19.7 Å². The molecule has 1 aliphatic heterocycles. The molecule has 2 rings (SSSR count). The molecule has 1 amide bonds. The van der Waals surface area contributed by atoms with Crippen molar-refractivity contribution in [1.29, 1.82) is 0 Å². The number of rotatable bonds is 5. The largest absolute Gasteiger partial charge is 0.464 e. The number of likely N-dealkylation sites (tertiary alicyclic amines) is 1. The smallest absolute Gasteiger partial charge is 0.408 e. The predicted octanol–water partition coefficient (Wildman–Crippen LogP) is 3.28. The second-order valence-electron chi connectivity index (χ2n) is 7.98. The molecule has 0 aromatic heterocycles. The second kappa shape index (κ2) is 9.17. The summed E-state index contributed by atoms with van der Waals surface area (Å²) in [5.74, 6) is -1.01. The van der Waals surface area contributed by atoms with Gasteiger partial charge in [0.1, 0.15) is 11.4 Å². The molecule has 0 radical (unpaired) electrons. The minimum atomic E-state index is -1.26. The van der Waals surface area contributed by atoms with Crippen LogP contribution in [0.4, 0.5) is 9.18 Å². The summed E-state index contributed by atoms with van der Waals surface area (Å²) in [6.07, 6.45) is 1.08. The maximum atomic E-state index is 14.2. The molecular formula is C20H29FN2O4. The molecule has 0 aliphatic carbocycles. The lowest BCUT2D eigenvalue weighted by Crippen LogP contribution is -2.40. The van der Waals surface area contributed by atoms with Crippen molar-refractivity contribution in [3.05, 3.63) is 35.6 Å². The van der Waals surface area contributed by atoms with Gasteiger partial charge in [0.25, 0.3) is 0 Å². The van der Waals surface area contributed by atoms with Crippen molar-refractivity contribution >= 4 is 12.1 Å². The number of ether oxygens (including phenoxy) is 2. The third-order valence-corrected chi connectivity index (χ3v) is 4.41. The van der Waals surface area contributed by atoms with Crippen LogP contribution in [0.3, 0.4) is 0 Å². The lowest BCUT2D eigenvalue weighted by molar-refractivity contribution is -0.148. The zero-order valence-electron chi connectivity index (χ0n) is 16.5. The summed E-state index contributed by atoms with van der Waals surface area (Å²) in [6.45, 7) is 7.30. The SMILES string of the molecule is CN1CCC(COC(=O)C(NC(=O)OC(C)(C)C)c2ccccc2F)CC1. The first kappa shape index (κ1) is 21.2. The highest BCUT2D eigenvalue weighted by Gasteiger charge is 2.30. The molecule has 1 fully saturated rings. The quantitative estimate of drug-likeness (QED) is 0.794.